The van der Waals surface area contributed by atoms with Crippen molar-refractivity contribution in [2.24, 2.45) is 0 Å². The highest BCUT2D eigenvalue weighted by atomic mass is 16.5. The smallest absolute Gasteiger partial charge is 0.340 e. The molecule has 5 rings (SSSR count). The number of fused-ring (bicyclic) bond motifs is 2. The van der Waals surface area contributed by atoms with Crippen molar-refractivity contribution in [2.75, 3.05) is 13.2 Å². The predicted molar refractivity (Wildman–Crippen MR) is 144 cm³/mol. The van der Waals surface area contributed by atoms with E-state index in [2.05, 4.69) is 21.7 Å². The van der Waals surface area contributed by atoms with Gasteiger partial charge in [0.05, 0.1) is 29.7 Å². The fourth-order valence-corrected chi connectivity index (χ4v) is 4.86. The van der Waals surface area contributed by atoms with Gasteiger partial charge in [-0.3, -0.25) is 0 Å². The molecule has 0 bridgehead atoms. The molecule has 37 heavy (non-hydrogen) atoms. The van der Waals surface area contributed by atoms with Crippen LogP contribution in [0, 0.1) is 13.8 Å². The van der Waals surface area contributed by atoms with Gasteiger partial charge in [0.25, 0.3) is 0 Å². The number of ether oxygens (including phenoxy) is 2. The first-order valence-electron chi connectivity index (χ1n) is 12.5. The molecule has 3 aromatic carbocycles. The summed E-state index contributed by atoms with van der Waals surface area (Å²) in [6, 6.07) is 23.7. The molecule has 7 nitrogen and oxygen atoms in total. The number of hydrogen-bond donors (Lipinski definition) is 1. The van der Waals surface area contributed by atoms with E-state index in [0.717, 1.165) is 39.0 Å². The molecule has 1 N–H and O–H groups in total. The summed E-state index contributed by atoms with van der Waals surface area (Å²) in [5.41, 5.74) is 5.34. The minimum absolute atomic E-state index is 0.107. The van der Waals surface area contributed by atoms with Gasteiger partial charge in [-0.25, -0.2) is 9.78 Å². The first kappa shape index (κ1) is 24.6. The van der Waals surface area contributed by atoms with Crippen molar-refractivity contribution >= 4 is 27.9 Å². The van der Waals surface area contributed by atoms with Crippen molar-refractivity contribution in [2.45, 2.75) is 40.0 Å². The number of aryl methyl sites for hydroxylation is 1. The van der Waals surface area contributed by atoms with Gasteiger partial charge in [-0.1, -0.05) is 42.5 Å². The Hall–Kier alpha value is -4.10. The minimum Gasteiger partial charge on any atom is -0.491 e. The van der Waals surface area contributed by atoms with Crippen LogP contribution in [-0.2, 0) is 17.8 Å². The number of aromatic nitrogens is 3. The lowest BCUT2D eigenvalue weighted by atomic mass is 10.1. The monoisotopic (exact) mass is 497 g/mol. The maximum absolute atomic E-state index is 12.9. The lowest BCUT2D eigenvalue weighted by Gasteiger charge is -2.15. The number of carbonyl (C=O) groups excluding carboxylic acids is 1. The molecule has 0 aliphatic carbocycles. The van der Waals surface area contributed by atoms with E-state index < -0.39 is 6.10 Å². The van der Waals surface area contributed by atoms with Gasteiger partial charge in [-0.05, 0) is 56.7 Å². The molecule has 0 saturated heterocycles. The summed E-state index contributed by atoms with van der Waals surface area (Å²) in [5.74, 6) is 1.08. The molecule has 190 valence electrons. The fraction of sp³-hybridized carbons (Fsp3) is 0.267. The van der Waals surface area contributed by atoms with Crippen LogP contribution in [0.5, 0.6) is 5.75 Å². The second kappa shape index (κ2) is 10.5. The molecule has 0 saturated carbocycles. The van der Waals surface area contributed by atoms with Gasteiger partial charge in [0.1, 0.15) is 24.3 Å². The summed E-state index contributed by atoms with van der Waals surface area (Å²) in [6.07, 6.45) is -0.735. The molecule has 0 unspecified atom stereocenters. The third-order valence-electron chi connectivity index (χ3n) is 6.64. The minimum atomic E-state index is -0.735. The van der Waals surface area contributed by atoms with Crippen molar-refractivity contribution in [1.82, 2.24) is 14.1 Å². The summed E-state index contributed by atoms with van der Waals surface area (Å²) in [6.45, 7) is 7.09. The van der Waals surface area contributed by atoms with Crippen LogP contribution in [0.2, 0.25) is 0 Å². The lowest BCUT2D eigenvalue weighted by Crippen LogP contribution is -2.24. The van der Waals surface area contributed by atoms with E-state index in [4.69, 9.17) is 9.47 Å². The number of benzene rings is 3. The molecule has 2 heterocycles. The number of carbonyl (C=O) groups is 1. The van der Waals surface area contributed by atoms with Crippen molar-refractivity contribution in [3.8, 4) is 5.75 Å². The maximum atomic E-state index is 12.9. The summed E-state index contributed by atoms with van der Waals surface area (Å²) < 4.78 is 15.5. The van der Waals surface area contributed by atoms with E-state index in [-0.39, 0.29) is 12.6 Å². The van der Waals surface area contributed by atoms with Crippen LogP contribution < -0.4 is 4.74 Å². The molecular weight excluding hydrogens is 466 g/mol. The van der Waals surface area contributed by atoms with Crippen LogP contribution in [-0.4, -0.2) is 44.5 Å². The SMILES string of the molecule is CCOC(=O)c1c(C)n(Cc2ccccc2)c2ccc(OC[C@H](O)Cn3c(C)nc4ccccc43)cc12. The third kappa shape index (κ3) is 4.95. The third-order valence-corrected chi connectivity index (χ3v) is 6.64. The normalized spacial score (nSPS) is 12.2. The van der Waals surface area contributed by atoms with Crippen LogP contribution in [0.3, 0.4) is 0 Å². The van der Waals surface area contributed by atoms with E-state index in [0.29, 0.717) is 31.0 Å². The predicted octanol–water partition coefficient (Wildman–Crippen LogP) is 5.27. The van der Waals surface area contributed by atoms with Gasteiger partial charge in [0.15, 0.2) is 0 Å². The number of para-hydroxylation sites is 2. The molecule has 0 amide bonds. The Bertz CT molecular complexity index is 1550. The average molecular weight is 498 g/mol. The van der Waals surface area contributed by atoms with E-state index >= 15 is 0 Å². The Balaban J connectivity index is 1.40. The number of nitrogens with zero attached hydrogens (tertiary/aromatic N) is 3. The zero-order valence-corrected chi connectivity index (χ0v) is 21.3. The van der Waals surface area contributed by atoms with E-state index in [1.165, 1.54) is 0 Å². The highest BCUT2D eigenvalue weighted by molar-refractivity contribution is 6.06. The molecule has 0 fully saturated rings. The highest BCUT2D eigenvalue weighted by Gasteiger charge is 2.22. The largest absolute Gasteiger partial charge is 0.491 e. The number of aliphatic hydroxyl groups excluding tert-OH is 1. The molecule has 0 spiro atoms. The van der Waals surface area contributed by atoms with Gasteiger partial charge >= 0.3 is 5.97 Å². The van der Waals surface area contributed by atoms with Gasteiger partial charge in [0.2, 0.25) is 0 Å². The van der Waals surface area contributed by atoms with Crippen molar-refractivity contribution < 1.29 is 19.4 Å². The van der Waals surface area contributed by atoms with Crippen LogP contribution >= 0.6 is 0 Å². The average Bonchev–Trinajstić information content (AvgIpc) is 3.36. The molecule has 0 radical (unpaired) electrons. The molecule has 0 aliphatic rings. The van der Waals surface area contributed by atoms with Crippen LogP contribution in [0.15, 0.2) is 72.8 Å². The van der Waals surface area contributed by atoms with Crippen molar-refractivity contribution in [3.05, 3.63) is 95.4 Å². The molecular formula is C30H31N3O4. The quantitative estimate of drug-likeness (QED) is 0.281. The second-order valence-electron chi connectivity index (χ2n) is 9.15. The first-order chi connectivity index (χ1) is 18.0. The molecule has 5 aromatic rings. The van der Waals surface area contributed by atoms with E-state index in [1.807, 2.05) is 79.1 Å². The Labute approximate surface area is 215 Å². The molecule has 7 heteroatoms. The zero-order valence-electron chi connectivity index (χ0n) is 21.3. The molecule has 2 aromatic heterocycles. The van der Waals surface area contributed by atoms with Crippen molar-refractivity contribution in [3.63, 3.8) is 0 Å². The zero-order chi connectivity index (χ0) is 25.9. The van der Waals surface area contributed by atoms with E-state index in [9.17, 15) is 9.90 Å². The van der Waals surface area contributed by atoms with Gasteiger partial charge in [-0.15, -0.1) is 0 Å². The molecule has 0 aliphatic heterocycles. The second-order valence-corrected chi connectivity index (χ2v) is 9.15. The molecule has 1 atom stereocenters. The number of imidazole rings is 1. The number of aliphatic hydroxyl groups is 1. The topological polar surface area (TPSA) is 78.5 Å². The Morgan fingerprint density at radius 2 is 1.73 bits per heavy atom. The number of hydrogen-bond acceptors (Lipinski definition) is 5. The van der Waals surface area contributed by atoms with Crippen LogP contribution in [0.4, 0.5) is 0 Å². The highest BCUT2D eigenvalue weighted by Crippen LogP contribution is 2.31. The summed E-state index contributed by atoms with van der Waals surface area (Å²) in [5, 5.41) is 11.5. The Morgan fingerprint density at radius 3 is 2.51 bits per heavy atom. The standard InChI is InChI=1S/C30H31N3O4/c1-4-36-30(35)29-20(2)32(17-22-10-6-5-7-11-22)27-15-14-24(16-25(27)29)37-19-23(34)18-33-21(3)31-26-12-8-9-13-28(26)33/h5-16,23,34H,4,17-19H2,1-3H3/t23-/m1/s1. The van der Waals surface area contributed by atoms with Gasteiger partial charge < -0.3 is 23.7 Å². The Kier molecular flexibility index (Phi) is 6.97. The summed E-state index contributed by atoms with van der Waals surface area (Å²) in [4.78, 5) is 17.5. The van der Waals surface area contributed by atoms with E-state index in [1.54, 1.807) is 6.92 Å². The number of rotatable bonds is 9. The van der Waals surface area contributed by atoms with Gasteiger partial charge in [-0.2, -0.15) is 0 Å². The van der Waals surface area contributed by atoms with Crippen LogP contribution in [0.25, 0.3) is 21.9 Å². The Morgan fingerprint density at radius 1 is 0.973 bits per heavy atom. The summed E-state index contributed by atoms with van der Waals surface area (Å²) >= 11 is 0. The van der Waals surface area contributed by atoms with Crippen molar-refractivity contribution in [1.29, 1.82) is 0 Å². The summed E-state index contributed by atoms with van der Waals surface area (Å²) in [7, 11) is 0. The fourth-order valence-electron chi connectivity index (χ4n) is 4.86. The lowest BCUT2D eigenvalue weighted by molar-refractivity contribution is 0.0527. The number of esters is 1. The van der Waals surface area contributed by atoms with Crippen LogP contribution in [0.1, 0.15) is 34.4 Å². The van der Waals surface area contributed by atoms with Gasteiger partial charge in [0, 0.05) is 23.1 Å². The maximum Gasteiger partial charge on any atom is 0.340 e. The first-order valence-corrected chi connectivity index (χ1v) is 12.5.